The summed E-state index contributed by atoms with van der Waals surface area (Å²) in [6.07, 6.45) is 5.94. The molecule has 1 aromatic rings. The van der Waals surface area contributed by atoms with E-state index in [0.717, 1.165) is 43.2 Å². The van der Waals surface area contributed by atoms with Crippen molar-refractivity contribution < 1.29 is 4.79 Å². The molecule has 1 aliphatic rings. The molecule has 5 nitrogen and oxygen atoms in total. The lowest BCUT2D eigenvalue weighted by Crippen LogP contribution is -2.40. The van der Waals surface area contributed by atoms with Crippen molar-refractivity contribution in [3.05, 3.63) is 23.9 Å². The van der Waals surface area contributed by atoms with Crippen molar-refractivity contribution in [2.45, 2.75) is 52.1 Å². The minimum atomic E-state index is -0.410. The van der Waals surface area contributed by atoms with Crippen molar-refractivity contribution in [3.63, 3.8) is 0 Å². The summed E-state index contributed by atoms with van der Waals surface area (Å²) >= 11 is 0. The van der Waals surface area contributed by atoms with Gasteiger partial charge in [-0.2, -0.15) is 0 Å². The van der Waals surface area contributed by atoms with Crippen LogP contribution in [0.2, 0.25) is 0 Å². The van der Waals surface area contributed by atoms with Crippen LogP contribution in [0.15, 0.2) is 18.3 Å². The Kier molecular flexibility index (Phi) is 6.19. The molecule has 1 amide bonds. The number of carbonyl (C=O) groups is 1. The minimum Gasteiger partial charge on any atom is -0.357 e. The molecule has 3 N–H and O–H groups in total. The smallest absolute Gasteiger partial charge is 0.237 e. The second-order valence-electron chi connectivity index (χ2n) is 6.31. The average Bonchev–Trinajstić information content (AvgIpc) is 2.54. The van der Waals surface area contributed by atoms with Gasteiger partial charge in [-0.05, 0) is 36.8 Å². The van der Waals surface area contributed by atoms with E-state index in [1.807, 2.05) is 25.3 Å². The summed E-state index contributed by atoms with van der Waals surface area (Å²) in [7, 11) is 0. The van der Waals surface area contributed by atoms with Crippen molar-refractivity contribution in [2.75, 3.05) is 18.0 Å². The number of hydrogen-bond acceptors (Lipinski definition) is 4. The zero-order chi connectivity index (χ0) is 15.9. The van der Waals surface area contributed by atoms with Gasteiger partial charge < -0.3 is 16.0 Å². The van der Waals surface area contributed by atoms with Crippen LogP contribution in [-0.2, 0) is 11.3 Å². The second kappa shape index (κ2) is 8.13. The number of pyridine rings is 1. The first kappa shape index (κ1) is 16.7. The number of amides is 1. The fourth-order valence-corrected chi connectivity index (χ4v) is 2.71. The van der Waals surface area contributed by atoms with Gasteiger partial charge in [0.2, 0.25) is 5.91 Å². The van der Waals surface area contributed by atoms with Gasteiger partial charge in [0, 0.05) is 25.8 Å². The van der Waals surface area contributed by atoms with Crippen molar-refractivity contribution >= 4 is 11.7 Å². The van der Waals surface area contributed by atoms with Gasteiger partial charge in [-0.3, -0.25) is 4.79 Å². The van der Waals surface area contributed by atoms with Crippen LogP contribution in [0.4, 0.5) is 5.82 Å². The Hall–Kier alpha value is -1.62. The molecule has 1 aliphatic heterocycles. The highest BCUT2D eigenvalue weighted by atomic mass is 16.2. The van der Waals surface area contributed by atoms with Crippen molar-refractivity contribution in [1.82, 2.24) is 10.3 Å². The van der Waals surface area contributed by atoms with Gasteiger partial charge in [0.15, 0.2) is 0 Å². The van der Waals surface area contributed by atoms with E-state index in [9.17, 15) is 4.79 Å². The zero-order valence-corrected chi connectivity index (χ0v) is 13.7. The van der Waals surface area contributed by atoms with E-state index in [1.54, 1.807) is 0 Å². The van der Waals surface area contributed by atoms with Crippen LogP contribution in [0.3, 0.4) is 0 Å². The summed E-state index contributed by atoms with van der Waals surface area (Å²) in [6, 6.07) is 3.67. The predicted molar refractivity (Wildman–Crippen MR) is 89.6 cm³/mol. The Morgan fingerprint density at radius 3 is 2.77 bits per heavy atom. The number of nitrogens with zero attached hydrogens (tertiary/aromatic N) is 2. The Balaban J connectivity index is 1.83. The summed E-state index contributed by atoms with van der Waals surface area (Å²) in [5.74, 6) is 1.76. The molecule has 2 heterocycles. The molecule has 5 heteroatoms. The Labute approximate surface area is 133 Å². The topological polar surface area (TPSA) is 71.2 Å². The summed E-state index contributed by atoms with van der Waals surface area (Å²) in [6.45, 7) is 6.98. The van der Waals surface area contributed by atoms with Crippen molar-refractivity contribution in [3.8, 4) is 0 Å². The minimum absolute atomic E-state index is 0.0871. The van der Waals surface area contributed by atoms with E-state index in [-0.39, 0.29) is 5.91 Å². The van der Waals surface area contributed by atoms with Crippen LogP contribution in [-0.4, -0.2) is 30.0 Å². The largest absolute Gasteiger partial charge is 0.357 e. The molecule has 1 atom stereocenters. The zero-order valence-electron chi connectivity index (χ0n) is 13.7. The number of hydrogen-bond donors (Lipinski definition) is 2. The van der Waals surface area contributed by atoms with Gasteiger partial charge in [-0.15, -0.1) is 0 Å². The lowest BCUT2D eigenvalue weighted by atomic mass is 9.99. The molecule has 0 spiro atoms. The molecular formula is C17H28N4O. The maximum Gasteiger partial charge on any atom is 0.237 e. The summed E-state index contributed by atoms with van der Waals surface area (Å²) in [5.41, 5.74) is 6.80. The van der Waals surface area contributed by atoms with Crippen LogP contribution in [0.25, 0.3) is 0 Å². The Morgan fingerprint density at radius 1 is 1.45 bits per heavy atom. The van der Waals surface area contributed by atoms with E-state index in [2.05, 4.69) is 22.1 Å². The summed E-state index contributed by atoms with van der Waals surface area (Å²) in [5, 5.41) is 2.87. The van der Waals surface area contributed by atoms with E-state index in [1.165, 1.54) is 12.8 Å². The van der Waals surface area contributed by atoms with E-state index >= 15 is 0 Å². The molecule has 0 bridgehead atoms. The first-order valence-electron chi connectivity index (χ1n) is 8.33. The molecule has 1 fully saturated rings. The molecule has 0 aromatic carbocycles. The highest BCUT2D eigenvalue weighted by molar-refractivity contribution is 5.81. The van der Waals surface area contributed by atoms with E-state index < -0.39 is 6.04 Å². The van der Waals surface area contributed by atoms with Gasteiger partial charge in [0.25, 0.3) is 0 Å². The summed E-state index contributed by atoms with van der Waals surface area (Å²) < 4.78 is 0. The molecule has 1 aromatic heterocycles. The second-order valence-corrected chi connectivity index (χ2v) is 6.31. The third-order valence-electron chi connectivity index (χ3n) is 4.32. The fraction of sp³-hybridized carbons (Fsp3) is 0.647. The number of aromatic nitrogens is 1. The van der Waals surface area contributed by atoms with Crippen LogP contribution in [0.5, 0.6) is 0 Å². The summed E-state index contributed by atoms with van der Waals surface area (Å²) in [4.78, 5) is 18.6. The molecule has 122 valence electrons. The molecule has 2 rings (SSSR count). The maximum atomic E-state index is 11.8. The van der Waals surface area contributed by atoms with E-state index in [0.29, 0.717) is 6.54 Å². The third kappa shape index (κ3) is 4.70. The monoisotopic (exact) mass is 304 g/mol. The molecule has 1 unspecified atom stereocenters. The van der Waals surface area contributed by atoms with Crippen LogP contribution in [0.1, 0.15) is 45.1 Å². The number of piperidine rings is 1. The Morgan fingerprint density at radius 2 is 2.18 bits per heavy atom. The lowest BCUT2D eigenvalue weighted by Gasteiger charge is -2.31. The average molecular weight is 304 g/mol. The molecule has 1 saturated heterocycles. The standard InChI is InChI=1S/C17H28N4O/c1-3-4-15(18)17(22)20-12-14-5-6-16(19-11-14)21-9-7-13(2)8-10-21/h5-6,11,13,15H,3-4,7-10,12,18H2,1-2H3,(H,20,22). The van der Waals surface area contributed by atoms with Crippen LogP contribution in [0, 0.1) is 5.92 Å². The maximum absolute atomic E-state index is 11.8. The quantitative estimate of drug-likeness (QED) is 0.844. The molecule has 22 heavy (non-hydrogen) atoms. The predicted octanol–water partition coefficient (Wildman–Crippen LogP) is 2.06. The van der Waals surface area contributed by atoms with Gasteiger partial charge in [0.05, 0.1) is 6.04 Å². The third-order valence-corrected chi connectivity index (χ3v) is 4.32. The molecule has 0 radical (unpaired) electrons. The first-order chi connectivity index (χ1) is 10.6. The highest BCUT2D eigenvalue weighted by Gasteiger charge is 2.17. The number of anilines is 1. The highest BCUT2D eigenvalue weighted by Crippen LogP contribution is 2.21. The fourth-order valence-electron chi connectivity index (χ4n) is 2.71. The number of carbonyl (C=O) groups excluding carboxylic acids is 1. The van der Waals surface area contributed by atoms with E-state index in [4.69, 9.17) is 5.73 Å². The normalized spacial score (nSPS) is 17.3. The molecule has 0 aliphatic carbocycles. The van der Waals surface area contributed by atoms with Gasteiger partial charge in [-0.25, -0.2) is 4.98 Å². The van der Waals surface area contributed by atoms with Crippen molar-refractivity contribution in [2.24, 2.45) is 11.7 Å². The molecule has 0 saturated carbocycles. The van der Waals surface area contributed by atoms with Gasteiger partial charge in [0.1, 0.15) is 5.82 Å². The number of nitrogens with two attached hydrogens (primary N) is 1. The number of rotatable bonds is 6. The SMILES string of the molecule is CCCC(N)C(=O)NCc1ccc(N2CCC(C)CC2)nc1. The first-order valence-corrected chi connectivity index (χ1v) is 8.33. The molecular weight excluding hydrogens is 276 g/mol. The van der Waals surface area contributed by atoms with Gasteiger partial charge in [-0.1, -0.05) is 26.3 Å². The van der Waals surface area contributed by atoms with Crippen LogP contribution < -0.4 is 16.0 Å². The van der Waals surface area contributed by atoms with Crippen LogP contribution >= 0.6 is 0 Å². The van der Waals surface area contributed by atoms with Gasteiger partial charge >= 0.3 is 0 Å². The Bertz CT molecular complexity index is 466. The number of nitrogens with one attached hydrogen (secondary N) is 1. The lowest BCUT2D eigenvalue weighted by molar-refractivity contribution is -0.122. The van der Waals surface area contributed by atoms with Crippen molar-refractivity contribution in [1.29, 1.82) is 0 Å².